The molecule has 0 heterocycles. The van der Waals surface area contributed by atoms with Crippen molar-refractivity contribution in [2.75, 3.05) is 6.61 Å². The van der Waals surface area contributed by atoms with Gasteiger partial charge in [-0.15, -0.1) is 0 Å². The number of aliphatic hydroxyl groups is 1. The van der Waals surface area contributed by atoms with E-state index in [9.17, 15) is 0 Å². The molecular formula is C4H10BrOTi. The monoisotopic (exact) mass is 201 g/mol. The molecule has 0 aliphatic rings. The molecule has 0 amide bonds. The molecule has 0 atom stereocenters. The fraction of sp³-hybridized carbons (Fsp3) is 1.00. The van der Waals surface area contributed by atoms with Crippen molar-refractivity contribution in [1.82, 2.24) is 0 Å². The maximum atomic E-state index is 8.14. The van der Waals surface area contributed by atoms with Crippen LogP contribution >= 0.6 is 13.2 Å². The van der Waals surface area contributed by atoms with Crippen molar-refractivity contribution >= 4 is 13.2 Å². The summed E-state index contributed by atoms with van der Waals surface area (Å²) in [5.74, 6) is 0.440. The van der Waals surface area contributed by atoms with Gasteiger partial charge in [-0.2, -0.15) is 0 Å². The molecule has 0 aromatic heterocycles. The van der Waals surface area contributed by atoms with Crippen LogP contribution in [-0.2, 0) is 18.3 Å². The van der Waals surface area contributed by atoms with Crippen LogP contribution in [0.4, 0.5) is 0 Å². The number of hydrogen-bond acceptors (Lipinski definition) is 1. The first-order chi connectivity index (χ1) is 3.27. The molecule has 0 aromatic rings. The second-order valence-corrected chi connectivity index (χ2v) is 1.58. The zero-order chi connectivity index (χ0) is 6.28. The standard InChI is InChI=1S/C4H10O.BrH.Ti/c1-4(2)3-5;;/h4-5H,3H2,1-2H3;1H;/q;;+1/p-1. The minimum atomic E-state index is 0.306. The van der Waals surface area contributed by atoms with Crippen molar-refractivity contribution < 1.29 is 23.4 Å². The van der Waals surface area contributed by atoms with Gasteiger partial charge >= 0.3 is 31.5 Å². The van der Waals surface area contributed by atoms with E-state index < -0.39 is 0 Å². The second-order valence-electron chi connectivity index (χ2n) is 1.58. The summed E-state index contributed by atoms with van der Waals surface area (Å²) in [4.78, 5) is 0. The van der Waals surface area contributed by atoms with Crippen molar-refractivity contribution in [3.05, 3.63) is 0 Å². The number of hydrogen-bond donors (Lipinski definition) is 1. The van der Waals surface area contributed by atoms with E-state index in [0.717, 1.165) is 0 Å². The van der Waals surface area contributed by atoms with Gasteiger partial charge in [-0.1, -0.05) is 13.8 Å². The van der Waals surface area contributed by atoms with Crippen molar-refractivity contribution in [2.45, 2.75) is 13.8 Å². The molecule has 0 aromatic carbocycles. The molecule has 0 saturated heterocycles. The summed E-state index contributed by atoms with van der Waals surface area (Å²) in [6, 6.07) is 0. The Morgan fingerprint density at radius 3 is 1.71 bits per heavy atom. The summed E-state index contributed by atoms with van der Waals surface area (Å²) in [5.41, 5.74) is 0. The molecule has 0 saturated carbocycles. The molecule has 0 rings (SSSR count). The Bertz CT molecular complexity index is 25.7. The van der Waals surface area contributed by atoms with Crippen LogP contribution in [0.1, 0.15) is 13.8 Å². The van der Waals surface area contributed by atoms with Crippen molar-refractivity contribution in [3.8, 4) is 0 Å². The van der Waals surface area contributed by atoms with Crippen LogP contribution < -0.4 is 0 Å². The summed E-state index contributed by atoms with van der Waals surface area (Å²) in [6.07, 6.45) is 0. The van der Waals surface area contributed by atoms with Gasteiger partial charge < -0.3 is 5.11 Å². The molecular weight excluding hydrogens is 192 g/mol. The van der Waals surface area contributed by atoms with Gasteiger partial charge in [0, 0.05) is 6.61 Å². The molecule has 3 heteroatoms. The van der Waals surface area contributed by atoms with Gasteiger partial charge in [-0.25, -0.2) is 0 Å². The van der Waals surface area contributed by atoms with E-state index in [2.05, 4.69) is 13.2 Å². The average molecular weight is 202 g/mol. The van der Waals surface area contributed by atoms with Gasteiger partial charge in [-0.3, -0.25) is 0 Å². The molecule has 1 N–H and O–H groups in total. The zero-order valence-electron chi connectivity index (χ0n) is 4.61. The van der Waals surface area contributed by atoms with Crippen LogP contribution in [0, 0.1) is 5.92 Å². The normalized spacial score (nSPS) is 7.43. The van der Waals surface area contributed by atoms with Crippen LogP contribution in [0.5, 0.6) is 0 Å². The Morgan fingerprint density at radius 1 is 1.57 bits per heavy atom. The number of rotatable bonds is 1. The Morgan fingerprint density at radius 2 is 1.71 bits per heavy atom. The van der Waals surface area contributed by atoms with E-state index in [4.69, 9.17) is 5.11 Å². The summed E-state index contributed by atoms with van der Waals surface area (Å²) in [7, 11) is 0. The average Bonchev–Trinajstić information content (AvgIpc) is 1.73. The van der Waals surface area contributed by atoms with Crippen LogP contribution in [0.2, 0.25) is 0 Å². The third-order valence-electron chi connectivity index (χ3n) is 0.365. The van der Waals surface area contributed by atoms with Crippen LogP contribution in [0.3, 0.4) is 0 Å². The Hall–Kier alpha value is 1.15. The predicted molar refractivity (Wildman–Crippen MR) is 30.9 cm³/mol. The molecule has 0 aliphatic carbocycles. The Kier molecular flexibility index (Phi) is 16.1. The van der Waals surface area contributed by atoms with Crippen molar-refractivity contribution in [3.63, 3.8) is 0 Å². The predicted octanol–water partition coefficient (Wildman–Crippen LogP) is 1.48. The maximum absolute atomic E-state index is 8.14. The van der Waals surface area contributed by atoms with Crippen molar-refractivity contribution in [2.24, 2.45) is 5.92 Å². The minimum absolute atomic E-state index is 0.306. The topological polar surface area (TPSA) is 20.2 Å². The molecule has 1 nitrogen and oxygen atoms in total. The van der Waals surface area contributed by atoms with E-state index in [1.807, 2.05) is 32.2 Å². The summed E-state index contributed by atoms with van der Waals surface area (Å²) >= 11 is 4.75. The first-order valence-electron chi connectivity index (χ1n) is 2.07. The van der Waals surface area contributed by atoms with E-state index in [0.29, 0.717) is 12.5 Å². The fourth-order valence-corrected chi connectivity index (χ4v) is 0. The SMILES string of the molecule is CC(C)CO.[Ti][Br]. The van der Waals surface area contributed by atoms with E-state index in [1.54, 1.807) is 0 Å². The van der Waals surface area contributed by atoms with Gasteiger partial charge in [0.05, 0.1) is 0 Å². The van der Waals surface area contributed by atoms with E-state index >= 15 is 0 Å². The third kappa shape index (κ3) is 19.1. The zero-order valence-corrected chi connectivity index (χ0v) is 7.76. The van der Waals surface area contributed by atoms with E-state index in [1.165, 1.54) is 0 Å². The summed E-state index contributed by atoms with van der Waals surface area (Å²) in [6.45, 7) is 4.25. The molecule has 0 fully saturated rings. The Balaban J connectivity index is 0. The van der Waals surface area contributed by atoms with Gasteiger partial charge in [-0.05, 0) is 5.92 Å². The molecule has 43 valence electrons. The quantitative estimate of drug-likeness (QED) is 0.638. The molecule has 0 aliphatic heterocycles. The van der Waals surface area contributed by atoms with Gasteiger partial charge in [0.2, 0.25) is 0 Å². The number of halogens is 1. The Labute approximate surface area is 63.0 Å². The van der Waals surface area contributed by atoms with Gasteiger partial charge in [0.1, 0.15) is 0 Å². The summed E-state index contributed by atoms with van der Waals surface area (Å²) in [5, 5.41) is 8.14. The molecule has 7 heavy (non-hydrogen) atoms. The number of aliphatic hydroxyl groups excluding tert-OH is 1. The summed E-state index contributed by atoms with van der Waals surface area (Å²) < 4.78 is 0. The van der Waals surface area contributed by atoms with Crippen LogP contribution in [-0.4, -0.2) is 11.7 Å². The molecule has 0 unspecified atom stereocenters. The van der Waals surface area contributed by atoms with E-state index in [-0.39, 0.29) is 0 Å². The first-order valence-corrected chi connectivity index (χ1v) is 5.93. The van der Waals surface area contributed by atoms with Crippen molar-refractivity contribution in [1.29, 1.82) is 0 Å². The third-order valence-corrected chi connectivity index (χ3v) is 0.365. The van der Waals surface area contributed by atoms with Crippen LogP contribution in [0.15, 0.2) is 0 Å². The molecule has 0 bridgehead atoms. The van der Waals surface area contributed by atoms with Crippen LogP contribution in [0.25, 0.3) is 0 Å². The second kappa shape index (κ2) is 10.2. The first kappa shape index (κ1) is 11.0. The molecule has 0 spiro atoms. The fourth-order valence-electron chi connectivity index (χ4n) is 0. The van der Waals surface area contributed by atoms with Gasteiger partial charge in [0.15, 0.2) is 0 Å². The molecule has 0 radical (unpaired) electrons. The van der Waals surface area contributed by atoms with Gasteiger partial charge in [0.25, 0.3) is 0 Å².